The number of rotatable bonds is 3. The van der Waals surface area contributed by atoms with Crippen LogP contribution in [-0.2, 0) is 0 Å². The summed E-state index contributed by atoms with van der Waals surface area (Å²) in [6, 6.07) is 8.46. The molecule has 21 heavy (non-hydrogen) atoms. The van der Waals surface area contributed by atoms with Gasteiger partial charge in [0.2, 0.25) is 0 Å². The van der Waals surface area contributed by atoms with Crippen molar-refractivity contribution in [3.05, 3.63) is 29.8 Å². The van der Waals surface area contributed by atoms with Gasteiger partial charge in [0.15, 0.2) is 0 Å². The lowest BCUT2D eigenvalue weighted by Crippen LogP contribution is -2.45. The van der Waals surface area contributed by atoms with Crippen molar-refractivity contribution in [2.75, 3.05) is 26.2 Å². The highest BCUT2D eigenvalue weighted by atomic mass is 32.1. The highest BCUT2D eigenvalue weighted by Gasteiger charge is 2.34. The molecule has 0 saturated carbocycles. The standard InChI is InChI=1S/C17H24N2OS/c1-17(16(18)21)7-9-19(10-8-17)12-13-6-11-20-15-5-3-2-4-14(13)15/h2-5,13H,6-12H2,1H3,(H2,18,21). The SMILES string of the molecule is CC1(C(N)=S)CCN(CC2CCOc3ccccc32)CC1. The van der Waals surface area contributed by atoms with E-state index >= 15 is 0 Å². The molecule has 0 spiro atoms. The van der Waals surface area contributed by atoms with E-state index in [-0.39, 0.29) is 5.41 Å². The third kappa shape index (κ3) is 3.06. The van der Waals surface area contributed by atoms with Crippen LogP contribution in [0.4, 0.5) is 0 Å². The third-order valence-electron chi connectivity index (χ3n) is 5.12. The minimum Gasteiger partial charge on any atom is -0.493 e. The van der Waals surface area contributed by atoms with Crippen molar-refractivity contribution in [3.63, 3.8) is 0 Å². The Kier molecular flexibility index (Phi) is 4.18. The smallest absolute Gasteiger partial charge is 0.122 e. The Bertz CT molecular complexity index is 523. The molecular weight excluding hydrogens is 280 g/mol. The first-order valence-electron chi connectivity index (χ1n) is 7.82. The molecule has 114 valence electrons. The van der Waals surface area contributed by atoms with Gasteiger partial charge >= 0.3 is 0 Å². The Labute approximate surface area is 132 Å². The van der Waals surface area contributed by atoms with Gasteiger partial charge in [0.25, 0.3) is 0 Å². The zero-order chi connectivity index (χ0) is 14.9. The maximum absolute atomic E-state index is 5.89. The Morgan fingerprint density at radius 2 is 2.10 bits per heavy atom. The molecule has 3 nitrogen and oxygen atoms in total. The second-order valence-corrected chi connectivity index (χ2v) is 7.04. The van der Waals surface area contributed by atoms with Crippen LogP contribution in [-0.4, -0.2) is 36.1 Å². The van der Waals surface area contributed by atoms with Gasteiger partial charge in [-0.25, -0.2) is 0 Å². The number of ether oxygens (including phenoxy) is 1. The van der Waals surface area contributed by atoms with Crippen LogP contribution in [0.3, 0.4) is 0 Å². The molecule has 1 saturated heterocycles. The van der Waals surface area contributed by atoms with Crippen LogP contribution in [0, 0.1) is 5.41 Å². The van der Waals surface area contributed by atoms with E-state index in [4.69, 9.17) is 22.7 Å². The van der Waals surface area contributed by atoms with Gasteiger partial charge in [0.05, 0.1) is 11.6 Å². The molecule has 3 rings (SSSR count). The summed E-state index contributed by atoms with van der Waals surface area (Å²) in [7, 11) is 0. The normalized spacial score (nSPS) is 24.9. The van der Waals surface area contributed by atoms with Crippen molar-refractivity contribution in [1.82, 2.24) is 4.90 Å². The van der Waals surface area contributed by atoms with E-state index in [2.05, 4.69) is 36.1 Å². The molecule has 0 aromatic heterocycles. The summed E-state index contributed by atoms with van der Waals surface area (Å²) in [4.78, 5) is 3.24. The number of benzene rings is 1. The summed E-state index contributed by atoms with van der Waals surface area (Å²) < 4.78 is 5.76. The molecule has 2 aliphatic heterocycles. The fraction of sp³-hybridized carbons (Fsp3) is 0.588. The largest absolute Gasteiger partial charge is 0.493 e. The predicted molar refractivity (Wildman–Crippen MR) is 89.9 cm³/mol. The van der Waals surface area contributed by atoms with Crippen LogP contribution in [0.1, 0.15) is 37.7 Å². The van der Waals surface area contributed by atoms with Crippen molar-refractivity contribution in [2.24, 2.45) is 11.1 Å². The van der Waals surface area contributed by atoms with E-state index in [9.17, 15) is 0 Å². The summed E-state index contributed by atoms with van der Waals surface area (Å²) in [6.45, 7) is 6.34. The number of fused-ring (bicyclic) bond motifs is 1. The molecule has 0 amide bonds. The number of hydrogen-bond donors (Lipinski definition) is 1. The second-order valence-electron chi connectivity index (χ2n) is 6.60. The number of piperidine rings is 1. The van der Waals surface area contributed by atoms with Crippen molar-refractivity contribution in [2.45, 2.75) is 32.1 Å². The van der Waals surface area contributed by atoms with E-state index in [0.717, 1.165) is 51.3 Å². The van der Waals surface area contributed by atoms with E-state index in [0.29, 0.717) is 10.9 Å². The number of nitrogens with zero attached hydrogens (tertiary/aromatic N) is 1. The third-order valence-corrected chi connectivity index (χ3v) is 5.61. The molecule has 1 aromatic rings. The maximum Gasteiger partial charge on any atom is 0.122 e. The molecule has 2 aliphatic rings. The summed E-state index contributed by atoms with van der Waals surface area (Å²) >= 11 is 5.22. The molecule has 1 unspecified atom stereocenters. The van der Waals surface area contributed by atoms with Crippen LogP contribution >= 0.6 is 12.2 Å². The van der Waals surface area contributed by atoms with Gasteiger partial charge in [-0.3, -0.25) is 0 Å². The van der Waals surface area contributed by atoms with Crippen LogP contribution in [0.2, 0.25) is 0 Å². The average molecular weight is 304 g/mol. The highest BCUT2D eigenvalue weighted by molar-refractivity contribution is 7.80. The molecule has 2 heterocycles. The van der Waals surface area contributed by atoms with Gasteiger partial charge in [-0.15, -0.1) is 0 Å². The van der Waals surface area contributed by atoms with Crippen LogP contribution in [0.15, 0.2) is 24.3 Å². The molecule has 0 radical (unpaired) electrons. The van der Waals surface area contributed by atoms with Gasteiger partial charge < -0.3 is 15.4 Å². The molecule has 0 aliphatic carbocycles. The number of para-hydroxylation sites is 1. The minimum absolute atomic E-state index is 0.0550. The van der Waals surface area contributed by atoms with Crippen LogP contribution in [0.5, 0.6) is 5.75 Å². The molecule has 4 heteroatoms. The fourth-order valence-corrected chi connectivity index (χ4v) is 3.60. The van der Waals surface area contributed by atoms with Gasteiger partial charge in [-0.05, 0) is 44.0 Å². The van der Waals surface area contributed by atoms with E-state index < -0.39 is 0 Å². The Balaban J connectivity index is 1.63. The monoisotopic (exact) mass is 304 g/mol. The Morgan fingerprint density at radius 3 is 2.81 bits per heavy atom. The lowest BCUT2D eigenvalue weighted by Gasteiger charge is -2.40. The van der Waals surface area contributed by atoms with E-state index in [1.807, 2.05) is 0 Å². The highest BCUT2D eigenvalue weighted by Crippen LogP contribution is 2.36. The van der Waals surface area contributed by atoms with Crippen LogP contribution in [0.25, 0.3) is 0 Å². The first-order valence-corrected chi connectivity index (χ1v) is 8.23. The van der Waals surface area contributed by atoms with Crippen molar-refractivity contribution >= 4 is 17.2 Å². The lowest BCUT2D eigenvalue weighted by atomic mass is 9.80. The topological polar surface area (TPSA) is 38.5 Å². The van der Waals surface area contributed by atoms with Gasteiger partial charge in [0.1, 0.15) is 5.75 Å². The molecule has 1 fully saturated rings. The zero-order valence-corrected chi connectivity index (χ0v) is 13.5. The Morgan fingerprint density at radius 1 is 1.38 bits per heavy atom. The van der Waals surface area contributed by atoms with Crippen LogP contribution < -0.4 is 10.5 Å². The van der Waals surface area contributed by atoms with Crippen molar-refractivity contribution < 1.29 is 4.74 Å². The number of likely N-dealkylation sites (tertiary alicyclic amines) is 1. The van der Waals surface area contributed by atoms with Gasteiger partial charge in [0, 0.05) is 17.9 Å². The van der Waals surface area contributed by atoms with Gasteiger partial charge in [-0.1, -0.05) is 37.3 Å². The van der Waals surface area contributed by atoms with Gasteiger partial charge in [-0.2, -0.15) is 0 Å². The summed E-state index contributed by atoms with van der Waals surface area (Å²) in [5.41, 5.74) is 7.31. The van der Waals surface area contributed by atoms with E-state index in [1.165, 1.54) is 5.56 Å². The maximum atomic E-state index is 5.89. The first-order chi connectivity index (χ1) is 10.1. The summed E-state index contributed by atoms with van der Waals surface area (Å²) in [5.74, 6) is 1.66. The predicted octanol–water partition coefficient (Wildman–Crippen LogP) is 2.94. The molecule has 2 N–H and O–H groups in total. The number of hydrogen-bond acceptors (Lipinski definition) is 3. The first kappa shape index (κ1) is 14.8. The number of nitrogens with two attached hydrogens (primary N) is 1. The van der Waals surface area contributed by atoms with E-state index in [1.54, 1.807) is 0 Å². The second kappa shape index (κ2) is 5.93. The lowest BCUT2D eigenvalue weighted by molar-refractivity contribution is 0.144. The molecule has 1 aromatic carbocycles. The minimum atomic E-state index is 0.0550. The quantitative estimate of drug-likeness (QED) is 0.872. The summed E-state index contributed by atoms with van der Waals surface area (Å²) in [6.07, 6.45) is 3.26. The molecule has 0 bridgehead atoms. The Hall–Kier alpha value is -1.13. The zero-order valence-electron chi connectivity index (χ0n) is 12.7. The summed E-state index contributed by atoms with van der Waals surface area (Å²) in [5, 5.41) is 0. The molecule has 1 atom stereocenters. The van der Waals surface area contributed by atoms with Crippen molar-refractivity contribution in [3.8, 4) is 5.75 Å². The fourth-order valence-electron chi connectivity index (χ4n) is 3.39. The number of thiocarbonyl (C=S) groups is 1. The molecular formula is C17H24N2OS. The average Bonchev–Trinajstić information content (AvgIpc) is 2.50. The van der Waals surface area contributed by atoms with Crippen molar-refractivity contribution in [1.29, 1.82) is 0 Å².